The molecule has 0 aromatic carbocycles. The van der Waals surface area contributed by atoms with Gasteiger partial charge in [-0.3, -0.25) is 0 Å². The van der Waals surface area contributed by atoms with Gasteiger partial charge in [0.15, 0.2) is 0 Å². The van der Waals surface area contributed by atoms with E-state index < -0.39 is 5.95 Å². The third-order valence-electron chi connectivity index (χ3n) is 3.68. The Labute approximate surface area is 145 Å². The van der Waals surface area contributed by atoms with Crippen molar-refractivity contribution >= 4 is 17.4 Å². The molecule has 0 radical (unpaired) electrons. The molecule has 0 aliphatic carbocycles. The van der Waals surface area contributed by atoms with E-state index in [1.54, 1.807) is 6.07 Å². The van der Waals surface area contributed by atoms with Crippen LogP contribution in [-0.4, -0.2) is 41.4 Å². The first-order valence-corrected chi connectivity index (χ1v) is 8.09. The molecule has 1 atom stereocenters. The Kier molecular flexibility index (Phi) is 4.99. The van der Waals surface area contributed by atoms with Crippen LogP contribution in [0.4, 0.5) is 10.2 Å². The number of pyridine rings is 2. The number of nitrogens with one attached hydrogen (secondary N) is 1. The van der Waals surface area contributed by atoms with Gasteiger partial charge in [-0.05, 0) is 26.0 Å². The zero-order chi connectivity index (χ0) is 17.2. The predicted molar refractivity (Wildman–Crippen MR) is 90.7 cm³/mol. The maximum Gasteiger partial charge on any atom is 0.213 e. The van der Waals surface area contributed by atoms with Gasteiger partial charge in [0.2, 0.25) is 5.95 Å². The first-order valence-electron chi connectivity index (χ1n) is 7.71. The summed E-state index contributed by atoms with van der Waals surface area (Å²) in [7, 11) is 0. The lowest BCUT2D eigenvalue weighted by Gasteiger charge is -2.35. The highest BCUT2D eigenvalue weighted by atomic mass is 35.5. The minimum absolute atomic E-state index is 0.0366. The molecule has 1 N–H and O–H groups in total. The van der Waals surface area contributed by atoms with E-state index in [4.69, 9.17) is 21.1 Å². The van der Waals surface area contributed by atoms with Gasteiger partial charge in [-0.1, -0.05) is 17.7 Å². The Balaban J connectivity index is 1.67. The van der Waals surface area contributed by atoms with Gasteiger partial charge in [0.25, 0.3) is 0 Å². The highest BCUT2D eigenvalue weighted by molar-refractivity contribution is 6.33. The Morgan fingerprint density at radius 3 is 3.00 bits per heavy atom. The van der Waals surface area contributed by atoms with E-state index in [0.29, 0.717) is 41.9 Å². The Bertz CT molecular complexity index is 717. The molecule has 2 aromatic rings. The number of nitrogens with zero attached hydrogens (tertiary/aromatic N) is 2. The maximum absolute atomic E-state index is 13.3. The van der Waals surface area contributed by atoms with Gasteiger partial charge in [0.1, 0.15) is 5.82 Å². The zero-order valence-corrected chi connectivity index (χ0v) is 14.3. The predicted octanol–water partition coefficient (Wildman–Crippen LogP) is 3.54. The summed E-state index contributed by atoms with van der Waals surface area (Å²) in [6, 6.07) is 6.71. The van der Waals surface area contributed by atoms with Crippen molar-refractivity contribution in [1.29, 1.82) is 0 Å². The first kappa shape index (κ1) is 17.1. The van der Waals surface area contributed by atoms with Crippen molar-refractivity contribution in [1.82, 2.24) is 9.97 Å². The van der Waals surface area contributed by atoms with Crippen molar-refractivity contribution in [2.75, 3.05) is 25.1 Å². The van der Waals surface area contributed by atoms with Gasteiger partial charge in [0.05, 0.1) is 35.6 Å². The number of halogens is 2. The lowest BCUT2D eigenvalue weighted by atomic mass is 10.1. The van der Waals surface area contributed by atoms with Gasteiger partial charge in [0, 0.05) is 24.4 Å². The smallest absolute Gasteiger partial charge is 0.213 e. The van der Waals surface area contributed by atoms with E-state index >= 15 is 0 Å². The molecule has 7 heteroatoms. The molecule has 1 aliphatic heterocycles. The summed E-state index contributed by atoms with van der Waals surface area (Å²) in [5.41, 5.74) is 0.844. The van der Waals surface area contributed by atoms with Crippen LogP contribution in [0.5, 0.6) is 0 Å². The Morgan fingerprint density at radius 1 is 1.42 bits per heavy atom. The second-order valence-electron chi connectivity index (χ2n) is 6.28. The second kappa shape index (κ2) is 7.01. The van der Waals surface area contributed by atoms with Crippen molar-refractivity contribution in [3.05, 3.63) is 41.4 Å². The molecule has 0 saturated carbocycles. The van der Waals surface area contributed by atoms with Crippen LogP contribution >= 0.6 is 11.6 Å². The largest absolute Gasteiger partial charge is 0.371 e. The first-order chi connectivity index (χ1) is 11.4. The fourth-order valence-corrected chi connectivity index (χ4v) is 2.56. The van der Waals surface area contributed by atoms with Crippen LogP contribution in [0.25, 0.3) is 11.3 Å². The topological polar surface area (TPSA) is 56.3 Å². The molecule has 24 heavy (non-hydrogen) atoms. The summed E-state index contributed by atoms with van der Waals surface area (Å²) in [5.74, 6) is 0.0687. The summed E-state index contributed by atoms with van der Waals surface area (Å²) in [4.78, 5) is 8.00. The lowest BCUT2D eigenvalue weighted by Crippen LogP contribution is -2.44. The van der Waals surface area contributed by atoms with Crippen molar-refractivity contribution in [2.45, 2.75) is 25.6 Å². The molecule has 128 valence electrons. The summed E-state index contributed by atoms with van der Waals surface area (Å²) in [5, 5.41) is 3.57. The van der Waals surface area contributed by atoms with E-state index in [1.165, 1.54) is 12.3 Å². The number of hydrogen-bond donors (Lipinski definition) is 1. The molecular weight excluding hydrogens is 333 g/mol. The summed E-state index contributed by atoms with van der Waals surface area (Å²) >= 11 is 6.08. The second-order valence-corrected chi connectivity index (χ2v) is 6.69. The van der Waals surface area contributed by atoms with E-state index in [1.807, 2.05) is 26.0 Å². The molecule has 5 nitrogen and oxygen atoms in total. The Hall–Kier alpha value is -1.76. The fraction of sp³-hybridized carbons (Fsp3) is 0.412. The monoisotopic (exact) mass is 351 g/mol. The van der Waals surface area contributed by atoms with E-state index in [2.05, 4.69) is 15.3 Å². The molecule has 0 amide bonds. The van der Waals surface area contributed by atoms with Crippen LogP contribution in [-0.2, 0) is 9.47 Å². The number of ether oxygens (including phenoxy) is 2. The van der Waals surface area contributed by atoms with Crippen molar-refractivity contribution in [2.24, 2.45) is 0 Å². The molecule has 0 spiro atoms. The van der Waals surface area contributed by atoms with Crippen LogP contribution in [0, 0.1) is 5.95 Å². The summed E-state index contributed by atoms with van der Waals surface area (Å²) in [6.07, 6.45) is 1.24. The molecular formula is C17H19ClFN3O2. The molecule has 3 heterocycles. The summed E-state index contributed by atoms with van der Waals surface area (Å²) < 4.78 is 24.9. The Morgan fingerprint density at radius 2 is 2.25 bits per heavy atom. The van der Waals surface area contributed by atoms with Crippen LogP contribution < -0.4 is 5.32 Å². The third kappa shape index (κ3) is 4.20. The standard InChI is InChI=1S/C17H19ClFN3O2/c1-17(2)10-23-11(9-24-17)7-21-16-5-3-4-14(22-16)12-6-15(19)20-8-13(12)18/h3-6,8,11H,7,9-10H2,1-2H3,(H,21,22). The highest BCUT2D eigenvalue weighted by Gasteiger charge is 2.28. The van der Waals surface area contributed by atoms with Crippen LogP contribution in [0.1, 0.15) is 13.8 Å². The number of rotatable bonds is 4. The van der Waals surface area contributed by atoms with Crippen LogP contribution in [0.15, 0.2) is 30.5 Å². The SMILES string of the molecule is CC1(C)COC(CNc2cccc(-c3cc(F)ncc3Cl)n2)CO1. The van der Waals surface area contributed by atoms with Gasteiger partial charge < -0.3 is 14.8 Å². The van der Waals surface area contributed by atoms with Crippen molar-refractivity contribution in [3.63, 3.8) is 0 Å². The maximum atomic E-state index is 13.3. The zero-order valence-electron chi connectivity index (χ0n) is 13.6. The van der Waals surface area contributed by atoms with Crippen LogP contribution in [0.3, 0.4) is 0 Å². The minimum Gasteiger partial charge on any atom is -0.371 e. The third-order valence-corrected chi connectivity index (χ3v) is 3.99. The number of aromatic nitrogens is 2. The molecule has 0 bridgehead atoms. The quantitative estimate of drug-likeness (QED) is 0.854. The van der Waals surface area contributed by atoms with Crippen LogP contribution in [0.2, 0.25) is 5.02 Å². The molecule has 1 fully saturated rings. The fourth-order valence-electron chi connectivity index (χ4n) is 2.36. The molecule has 3 rings (SSSR count). The van der Waals surface area contributed by atoms with E-state index in [9.17, 15) is 4.39 Å². The number of hydrogen-bond acceptors (Lipinski definition) is 5. The highest BCUT2D eigenvalue weighted by Crippen LogP contribution is 2.27. The average Bonchev–Trinajstić information content (AvgIpc) is 2.56. The van der Waals surface area contributed by atoms with Gasteiger partial charge in [-0.15, -0.1) is 0 Å². The van der Waals surface area contributed by atoms with E-state index in [-0.39, 0.29) is 11.7 Å². The molecule has 1 aliphatic rings. The van der Waals surface area contributed by atoms with Gasteiger partial charge in [-0.25, -0.2) is 9.97 Å². The molecule has 1 unspecified atom stereocenters. The van der Waals surface area contributed by atoms with Gasteiger partial charge in [-0.2, -0.15) is 4.39 Å². The summed E-state index contributed by atoms with van der Waals surface area (Å²) in [6.45, 7) is 5.66. The van der Waals surface area contributed by atoms with Gasteiger partial charge >= 0.3 is 0 Å². The normalized spacial score (nSPS) is 19.9. The minimum atomic E-state index is -0.593. The average molecular weight is 352 g/mol. The van der Waals surface area contributed by atoms with Crippen molar-refractivity contribution < 1.29 is 13.9 Å². The number of anilines is 1. The van der Waals surface area contributed by atoms with E-state index in [0.717, 1.165) is 0 Å². The van der Waals surface area contributed by atoms with Crippen molar-refractivity contribution in [3.8, 4) is 11.3 Å². The lowest BCUT2D eigenvalue weighted by molar-refractivity contribution is -0.170. The molecule has 1 saturated heterocycles. The molecule has 2 aromatic heterocycles.